The van der Waals surface area contributed by atoms with Crippen molar-refractivity contribution in [3.05, 3.63) is 65.2 Å². The van der Waals surface area contributed by atoms with E-state index in [4.69, 9.17) is 27.9 Å². The second-order valence-corrected chi connectivity index (χ2v) is 4.52. The minimum Gasteiger partial charge on any atom is -0.425 e. The van der Waals surface area contributed by atoms with Crippen LogP contribution in [0.5, 0.6) is 5.75 Å². The van der Waals surface area contributed by atoms with Gasteiger partial charge in [-0.2, -0.15) is 0 Å². The number of esters is 1. The van der Waals surface area contributed by atoms with E-state index in [0.29, 0.717) is 16.3 Å². The molecule has 92 valence electrons. The Morgan fingerprint density at radius 1 is 1.00 bits per heavy atom. The quantitative estimate of drug-likeness (QED) is 0.478. The highest BCUT2D eigenvalue weighted by Crippen LogP contribution is 2.24. The second kappa shape index (κ2) is 5.89. The van der Waals surface area contributed by atoms with E-state index in [1.54, 1.807) is 48.5 Å². The van der Waals surface area contributed by atoms with E-state index in [2.05, 4.69) is 0 Å². The van der Waals surface area contributed by atoms with Crippen molar-refractivity contribution in [2.45, 2.75) is 5.38 Å². The van der Waals surface area contributed by atoms with Crippen LogP contribution in [0.4, 0.5) is 0 Å². The Balaban J connectivity index is 2.07. The molecule has 4 heteroatoms. The van der Waals surface area contributed by atoms with Crippen LogP contribution >= 0.6 is 23.2 Å². The summed E-state index contributed by atoms with van der Waals surface area (Å²) >= 11 is 11.8. The normalized spacial score (nSPS) is 11.9. The highest BCUT2D eigenvalue weighted by Gasteiger charge is 2.19. The van der Waals surface area contributed by atoms with E-state index in [1.807, 2.05) is 6.07 Å². The van der Waals surface area contributed by atoms with Gasteiger partial charge in [0.25, 0.3) is 0 Å². The van der Waals surface area contributed by atoms with Crippen LogP contribution in [0, 0.1) is 0 Å². The molecule has 0 spiro atoms. The summed E-state index contributed by atoms with van der Waals surface area (Å²) in [5.74, 6) is -0.0349. The molecule has 0 bridgehead atoms. The van der Waals surface area contributed by atoms with Gasteiger partial charge in [-0.25, -0.2) is 4.79 Å². The summed E-state index contributed by atoms with van der Waals surface area (Å²) in [6.07, 6.45) is 0. The van der Waals surface area contributed by atoms with E-state index in [1.165, 1.54) is 0 Å². The predicted octanol–water partition coefficient (Wildman–Crippen LogP) is 4.23. The molecular weight excluding hydrogens is 271 g/mol. The van der Waals surface area contributed by atoms with Crippen molar-refractivity contribution in [2.75, 3.05) is 0 Å². The Bertz CT molecular complexity index is 523. The molecule has 0 heterocycles. The van der Waals surface area contributed by atoms with Crippen molar-refractivity contribution >= 4 is 29.2 Å². The molecule has 1 atom stereocenters. The molecule has 2 rings (SSSR count). The summed E-state index contributed by atoms with van der Waals surface area (Å²) < 4.78 is 5.16. The van der Waals surface area contributed by atoms with Gasteiger partial charge in [0.05, 0.1) is 0 Å². The Morgan fingerprint density at radius 2 is 1.61 bits per heavy atom. The molecule has 0 radical (unpaired) electrons. The third-order valence-corrected chi connectivity index (χ3v) is 3.01. The van der Waals surface area contributed by atoms with Crippen molar-refractivity contribution in [2.24, 2.45) is 0 Å². The van der Waals surface area contributed by atoms with Crippen LogP contribution in [-0.4, -0.2) is 5.97 Å². The third-order valence-electron chi connectivity index (χ3n) is 2.33. The van der Waals surface area contributed by atoms with Crippen molar-refractivity contribution < 1.29 is 9.53 Å². The zero-order valence-electron chi connectivity index (χ0n) is 9.35. The van der Waals surface area contributed by atoms with Crippen LogP contribution in [-0.2, 0) is 4.79 Å². The molecule has 1 unspecified atom stereocenters. The number of alkyl halides is 1. The molecule has 0 amide bonds. The summed E-state index contributed by atoms with van der Waals surface area (Å²) in [6.45, 7) is 0. The summed E-state index contributed by atoms with van der Waals surface area (Å²) in [6, 6.07) is 15.6. The Labute approximate surface area is 115 Å². The van der Waals surface area contributed by atoms with Gasteiger partial charge in [0.2, 0.25) is 0 Å². The lowest BCUT2D eigenvalue weighted by Crippen LogP contribution is -2.14. The van der Waals surface area contributed by atoms with Gasteiger partial charge in [0.1, 0.15) is 5.75 Å². The summed E-state index contributed by atoms with van der Waals surface area (Å²) in [5, 5.41) is -0.249. The van der Waals surface area contributed by atoms with E-state index < -0.39 is 11.3 Å². The first-order valence-corrected chi connectivity index (χ1v) is 6.14. The molecule has 0 fully saturated rings. The minimum absolute atomic E-state index is 0.474. The summed E-state index contributed by atoms with van der Waals surface area (Å²) in [7, 11) is 0. The van der Waals surface area contributed by atoms with E-state index in [9.17, 15) is 4.79 Å². The average molecular weight is 281 g/mol. The molecule has 0 aliphatic rings. The molecule has 2 aromatic rings. The Morgan fingerprint density at radius 3 is 2.22 bits per heavy atom. The maximum Gasteiger partial charge on any atom is 0.334 e. The SMILES string of the molecule is O=C(Oc1ccccc1)C(Cl)c1ccc(Cl)cc1. The molecule has 2 nitrogen and oxygen atoms in total. The number of halogens is 2. The van der Waals surface area contributed by atoms with Crippen LogP contribution in [0.15, 0.2) is 54.6 Å². The van der Waals surface area contributed by atoms with Gasteiger partial charge in [-0.1, -0.05) is 41.9 Å². The monoisotopic (exact) mass is 280 g/mol. The summed E-state index contributed by atoms with van der Waals surface area (Å²) in [5.41, 5.74) is 0.655. The van der Waals surface area contributed by atoms with Crippen LogP contribution in [0.2, 0.25) is 5.02 Å². The number of rotatable bonds is 3. The van der Waals surface area contributed by atoms with E-state index >= 15 is 0 Å². The molecule has 0 aromatic heterocycles. The zero-order chi connectivity index (χ0) is 13.0. The number of carbonyl (C=O) groups excluding carboxylic acids is 1. The van der Waals surface area contributed by atoms with Gasteiger partial charge in [-0.05, 0) is 29.8 Å². The van der Waals surface area contributed by atoms with Crippen molar-refractivity contribution in [1.29, 1.82) is 0 Å². The molecule has 0 N–H and O–H groups in total. The maximum absolute atomic E-state index is 11.8. The number of hydrogen-bond acceptors (Lipinski definition) is 2. The average Bonchev–Trinajstić information content (AvgIpc) is 2.40. The lowest BCUT2D eigenvalue weighted by molar-refractivity contribution is -0.134. The smallest absolute Gasteiger partial charge is 0.334 e. The topological polar surface area (TPSA) is 26.3 Å². The van der Waals surface area contributed by atoms with Crippen molar-refractivity contribution in [1.82, 2.24) is 0 Å². The third kappa shape index (κ3) is 3.25. The highest BCUT2D eigenvalue weighted by atomic mass is 35.5. The molecule has 0 aliphatic heterocycles. The molecular formula is C14H10Cl2O2. The lowest BCUT2D eigenvalue weighted by atomic mass is 10.1. The molecule has 18 heavy (non-hydrogen) atoms. The number of para-hydroxylation sites is 1. The summed E-state index contributed by atoms with van der Waals surface area (Å²) in [4.78, 5) is 11.8. The van der Waals surface area contributed by atoms with E-state index in [-0.39, 0.29) is 0 Å². The van der Waals surface area contributed by atoms with Crippen LogP contribution < -0.4 is 4.74 Å². The first-order chi connectivity index (χ1) is 8.66. The van der Waals surface area contributed by atoms with Gasteiger partial charge in [0.15, 0.2) is 5.38 Å². The van der Waals surface area contributed by atoms with Gasteiger partial charge < -0.3 is 4.74 Å². The highest BCUT2D eigenvalue weighted by molar-refractivity contribution is 6.31. The maximum atomic E-state index is 11.8. The van der Waals surface area contributed by atoms with Gasteiger partial charge in [-0.15, -0.1) is 11.6 Å². The fraction of sp³-hybridized carbons (Fsp3) is 0.0714. The second-order valence-electron chi connectivity index (χ2n) is 3.65. The molecule has 2 aromatic carbocycles. The predicted molar refractivity (Wildman–Crippen MR) is 72.1 cm³/mol. The van der Waals surface area contributed by atoms with Crippen LogP contribution in [0.3, 0.4) is 0 Å². The number of ether oxygens (including phenoxy) is 1. The zero-order valence-corrected chi connectivity index (χ0v) is 10.9. The first kappa shape index (κ1) is 12.9. The number of hydrogen-bond donors (Lipinski definition) is 0. The fourth-order valence-electron chi connectivity index (χ4n) is 1.42. The fourth-order valence-corrected chi connectivity index (χ4v) is 1.74. The van der Waals surface area contributed by atoms with Gasteiger partial charge >= 0.3 is 5.97 Å². The number of carbonyl (C=O) groups is 1. The molecule has 0 saturated carbocycles. The Kier molecular flexibility index (Phi) is 4.24. The van der Waals surface area contributed by atoms with Crippen molar-refractivity contribution in [3.8, 4) is 5.75 Å². The largest absolute Gasteiger partial charge is 0.425 e. The molecule has 0 saturated heterocycles. The van der Waals surface area contributed by atoms with E-state index in [0.717, 1.165) is 0 Å². The van der Waals surface area contributed by atoms with Crippen LogP contribution in [0.1, 0.15) is 10.9 Å². The lowest BCUT2D eigenvalue weighted by Gasteiger charge is -2.09. The Hall–Kier alpha value is -1.51. The first-order valence-electron chi connectivity index (χ1n) is 5.33. The van der Waals surface area contributed by atoms with Gasteiger partial charge in [-0.3, -0.25) is 0 Å². The molecule has 0 aliphatic carbocycles. The van der Waals surface area contributed by atoms with Crippen LogP contribution in [0.25, 0.3) is 0 Å². The standard InChI is InChI=1S/C14H10Cl2O2/c15-11-8-6-10(7-9-11)13(16)14(17)18-12-4-2-1-3-5-12/h1-9,13H. The number of benzene rings is 2. The minimum atomic E-state index is -0.845. The van der Waals surface area contributed by atoms with Gasteiger partial charge in [0, 0.05) is 5.02 Å². The van der Waals surface area contributed by atoms with Crippen molar-refractivity contribution in [3.63, 3.8) is 0 Å².